The summed E-state index contributed by atoms with van der Waals surface area (Å²) in [6.45, 7) is 2.79. The van der Waals surface area contributed by atoms with Crippen molar-refractivity contribution in [1.29, 1.82) is 0 Å². The maximum Gasteiger partial charge on any atom is 0.254 e. The van der Waals surface area contributed by atoms with Crippen LogP contribution in [-0.2, 0) is 9.53 Å². The van der Waals surface area contributed by atoms with E-state index in [1.807, 2.05) is 30.3 Å². The van der Waals surface area contributed by atoms with Gasteiger partial charge in [-0.15, -0.1) is 0 Å². The second kappa shape index (κ2) is 9.73. The van der Waals surface area contributed by atoms with Crippen LogP contribution in [0, 0.1) is 0 Å². The van der Waals surface area contributed by atoms with Crippen molar-refractivity contribution >= 4 is 17.5 Å². The molecule has 0 atom stereocenters. The molecule has 0 spiro atoms. The zero-order valence-corrected chi connectivity index (χ0v) is 15.2. The van der Waals surface area contributed by atoms with Gasteiger partial charge in [0.1, 0.15) is 5.75 Å². The number of ether oxygens (including phenoxy) is 2. The second-order valence-corrected chi connectivity index (χ2v) is 6.30. The van der Waals surface area contributed by atoms with E-state index in [0.717, 1.165) is 5.75 Å². The van der Waals surface area contributed by atoms with Crippen LogP contribution < -0.4 is 10.1 Å². The monoisotopic (exact) mass is 368 g/mol. The standard InChI is InChI=1S/C21H24N2O4/c24-20(10-5-13-27-19-8-2-1-3-9-19)22-18-7-4-6-17(16-18)21(25)23-11-14-26-15-12-23/h1-4,6-9,16H,5,10-15H2,(H,22,24). The summed E-state index contributed by atoms with van der Waals surface area (Å²) in [5, 5.41) is 2.85. The molecule has 1 fully saturated rings. The molecule has 0 unspecified atom stereocenters. The maximum atomic E-state index is 12.5. The van der Waals surface area contributed by atoms with Gasteiger partial charge in [-0.05, 0) is 36.8 Å². The first kappa shape index (κ1) is 18.9. The van der Waals surface area contributed by atoms with Crippen LogP contribution in [0.4, 0.5) is 5.69 Å². The quantitative estimate of drug-likeness (QED) is 0.763. The van der Waals surface area contributed by atoms with Gasteiger partial charge in [0.05, 0.1) is 19.8 Å². The lowest BCUT2D eigenvalue weighted by atomic mass is 10.1. The third-order valence-corrected chi connectivity index (χ3v) is 4.25. The number of amides is 2. The Morgan fingerprint density at radius 2 is 1.81 bits per heavy atom. The van der Waals surface area contributed by atoms with Gasteiger partial charge in [-0.25, -0.2) is 0 Å². The van der Waals surface area contributed by atoms with Gasteiger partial charge in [0, 0.05) is 30.8 Å². The molecule has 0 bridgehead atoms. The van der Waals surface area contributed by atoms with Crippen molar-refractivity contribution in [2.75, 3.05) is 38.2 Å². The van der Waals surface area contributed by atoms with Crippen molar-refractivity contribution in [3.8, 4) is 5.75 Å². The number of nitrogens with zero attached hydrogens (tertiary/aromatic N) is 1. The summed E-state index contributed by atoms with van der Waals surface area (Å²) < 4.78 is 10.9. The van der Waals surface area contributed by atoms with E-state index < -0.39 is 0 Å². The highest BCUT2D eigenvalue weighted by Crippen LogP contribution is 2.15. The van der Waals surface area contributed by atoms with Crippen LogP contribution in [0.15, 0.2) is 54.6 Å². The number of anilines is 1. The SMILES string of the molecule is O=C(CCCOc1ccccc1)Nc1cccc(C(=O)N2CCOCC2)c1. The van der Waals surface area contributed by atoms with Gasteiger partial charge in [-0.2, -0.15) is 0 Å². The molecule has 1 aliphatic rings. The van der Waals surface area contributed by atoms with Crippen molar-refractivity contribution < 1.29 is 19.1 Å². The van der Waals surface area contributed by atoms with E-state index in [1.54, 1.807) is 29.2 Å². The highest BCUT2D eigenvalue weighted by atomic mass is 16.5. The number of carbonyl (C=O) groups excluding carboxylic acids is 2. The van der Waals surface area contributed by atoms with Gasteiger partial charge in [-0.1, -0.05) is 24.3 Å². The van der Waals surface area contributed by atoms with Gasteiger partial charge < -0.3 is 19.7 Å². The van der Waals surface area contributed by atoms with Crippen LogP contribution in [0.3, 0.4) is 0 Å². The topological polar surface area (TPSA) is 67.9 Å². The fraction of sp³-hybridized carbons (Fsp3) is 0.333. The number of benzene rings is 2. The Hall–Kier alpha value is -2.86. The maximum absolute atomic E-state index is 12.5. The van der Waals surface area contributed by atoms with E-state index in [9.17, 15) is 9.59 Å². The van der Waals surface area contributed by atoms with E-state index in [-0.39, 0.29) is 11.8 Å². The van der Waals surface area contributed by atoms with Crippen molar-refractivity contribution in [2.24, 2.45) is 0 Å². The largest absolute Gasteiger partial charge is 0.494 e. The summed E-state index contributed by atoms with van der Waals surface area (Å²) in [5.41, 5.74) is 1.20. The molecule has 0 aliphatic carbocycles. The smallest absolute Gasteiger partial charge is 0.254 e. The Kier molecular flexibility index (Phi) is 6.82. The molecular formula is C21H24N2O4. The molecule has 2 amide bonds. The molecule has 1 heterocycles. The molecular weight excluding hydrogens is 344 g/mol. The van der Waals surface area contributed by atoms with Gasteiger partial charge in [-0.3, -0.25) is 9.59 Å². The molecule has 1 aliphatic heterocycles. The Morgan fingerprint density at radius 1 is 1.04 bits per heavy atom. The predicted octanol–water partition coefficient (Wildman–Crippen LogP) is 2.96. The van der Waals surface area contributed by atoms with Crippen molar-refractivity contribution in [1.82, 2.24) is 4.90 Å². The highest BCUT2D eigenvalue weighted by Gasteiger charge is 2.18. The molecule has 6 heteroatoms. The number of rotatable bonds is 7. The molecule has 2 aromatic rings. The van der Waals surface area contributed by atoms with Gasteiger partial charge >= 0.3 is 0 Å². The van der Waals surface area contributed by atoms with Crippen molar-refractivity contribution in [3.05, 3.63) is 60.2 Å². The fourth-order valence-electron chi connectivity index (χ4n) is 2.84. The van der Waals surface area contributed by atoms with Crippen LogP contribution in [-0.4, -0.2) is 49.6 Å². The van der Waals surface area contributed by atoms with E-state index in [4.69, 9.17) is 9.47 Å². The number of carbonyl (C=O) groups is 2. The van der Waals surface area contributed by atoms with Crippen LogP contribution in [0.1, 0.15) is 23.2 Å². The highest BCUT2D eigenvalue weighted by molar-refractivity contribution is 5.97. The van der Waals surface area contributed by atoms with Crippen molar-refractivity contribution in [2.45, 2.75) is 12.8 Å². The minimum Gasteiger partial charge on any atom is -0.494 e. The third-order valence-electron chi connectivity index (χ3n) is 4.25. The lowest BCUT2D eigenvalue weighted by Crippen LogP contribution is -2.40. The number of morpholine rings is 1. The zero-order chi connectivity index (χ0) is 18.9. The fourth-order valence-corrected chi connectivity index (χ4v) is 2.84. The number of hydrogen-bond donors (Lipinski definition) is 1. The third kappa shape index (κ3) is 5.82. The van der Waals surface area contributed by atoms with E-state index in [0.29, 0.717) is 57.0 Å². The minimum atomic E-state index is -0.0948. The van der Waals surface area contributed by atoms with Crippen LogP contribution in [0.5, 0.6) is 5.75 Å². The lowest BCUT2D eigenvalue weighted by molar-refractivity contribution is -0.116. The van der Waals surface area contributed by atoms with Crippen LogP contribution in [0.2, 0.25) is 0 Å². The first-order chi connectivity index (χ1) is 13.2. The normalized spacial score (nSPS) is 13.9. The predicted molar refractivity (Wildman–Crippen MR) is 103 cm³/mol. The second-order valence-electron chi connectivity index (χ2n) is 6.30. The van der Waals surface area contributed by atoms with Gasteiger partial charge in [0.2, 0.25) is 5.91 Å². The average molecular weight is 368 g/mol. The van der Waals surface area contributed by atoms with Crippen LogP contribution in [0.25, 0.3) is 0 Å². The molecule has 1 N–H and O–H groups in total. The average Bonchev–Trinajstić information content (AvgIpc) is 2.72. The van der Waals surface area contributed by atoms with Crippen LogP contribution >= 0.6 is 0 Å². The van der Waals surface area contributed by atoms with E-state index in [1.165, 1.54) is 0 Å². The Bertz CT molecular complexity index is 758. The Morgan fingerprint density at radius 3 is 2.59 bits per heavy atom. The van der Waals surface area contributed by atoms with Crippen molar-refractivity contribution in [3.63, 3.8) is 0 Å². The molecule has 1 saturated heterocycles. The molecule has 0 radical (unpaired) electrons. The summed E-state index contributed by atoms with van der Waals surface area (Å²) in [6.07, 6.45) is 0.974. The molecule has 3 rings (SSSR count). The minimum absolute atomic E-state index is 0.0364. The number of hydrogen-bond acceptors (Lipinski definition) is 4. The number of nitrogens with one attached hydrogen (secondary N) is 1. The Balaban J connectivity index is 1.45. The first-order valence-electron chi connectivity index (χ1n) is 9.17. The lowest BCUT2D eigenvalue weighted by Gasteiger charge is -2.27. The zero-order valence-electron chi connectivity index (χ0n) is 15.2. The molecule has 0 aromatic heterocycles. The molecule has 142 valence electrons. The summed E-state index contributed by atoms with van der Waals surface area (Å²) >= 11 is 0. The summed E-state index contributed by atoms with van der Waals surface area (Å²) in [6, 6.07) is 16.6. The summed E-state index contributed by atoms with van der Waals surface area (Å²) in [5.74, 6) is 0.667. The van der Waals surface area contributed by atoms with Gasteiger partial charge in [0.25, 0.3) is 5.91 Å². The molecule has 2 aromatic carbocycles. The van der Waals surface area contributed by atoms with E-state index in [2.05, 4.69) is 5.32 Å². The first-order valence-corrected chi connectivity index (χ1v) is 9.17. The van der Waals surface area contributed by atoms with E-state index >= 15 is 0 Å². The molecule has 27 heavy (non-hydrogen) atoms. The summed E-state index contributed by atoms with van der Waals surface area (Å²) in [4.78, 5) is 26.4. The summed E-state index contributed by atoms with van der Waals surface area (Å²) in [7, 11) is 0. The Labute approximate surface area is 159 Å². The molecule has 6 nitrogen and oxygen atoms in total. The van der Waals surface area contributed by atoms with Gasteiger partial charge in [0.15, 0.2) is 0 Å². The number of para-hydroxylation sites is 1. The molecule has 0 saturated carbocycles.